The number of carbonyl (C=O) groups is 3. The molecule has 0 radical (unpaired) electrons. The summed E-state index contributed by atoms with van der Waals surface area (Å²) in [4.78, 5) is 44.9. The molecule has 0 spiro atoms. The van der Waals surface area contributed by atoms with Gasteiger partial charge in [0.05, 0.1) is 18.7 Å². The molecule has 1 saturated heterocycles. The zero-order valence-electron chi connectivity index (χ0n) is 22.4. The van der Waals surface area contributed by atoms with Crippen LogP contribution in [0.1, 0.15) is 53.5 Å². The number of hydrogen-bond acceptors (Lipinski definition) is 7. The smallest absolute Gasteiger partial charge is 0.243 e. The van der Waals surface area contributed by atoms with Crippen molar-refractivity contribution in [2.24, 2.45) is 17.0 Å². The number of Topliss-reactive ketones (excluding diaryl/α,β-unsaturated/α-hetero) is 1. The molecule has 2 amide bonds. The molecule has 1 aliphatic heterocycles. The van der Waals surface area contributed by atoms with Crippen molar-refractivity contribution in [1.29, 1.82) is 0 Å². The van der Waals surface area contributed by atoms with E-state index >= 15 is 0 Å². The average Bonchev–Trinajstić information content (AvgIpc) is 3.58. The number of hydrogen-bond donors (Lipinski definition) is 3. The molecule has 0 aliphatic carbocycles. The van der Waals surface area contributed by atoms with Crippen molar-refractivity contribution in [3.05, 3.63) is 35.9 Å². The number of ketones is 1. The minimum atomic E-state index is -0.861. The van der Waals surface area contributed by atoms with Crippen molar-refractivity contribution in [2.45, 2.75) is 84.2 Å². The molecule has 3 N–H and O–H groups in total. The molecule has 1 aliphatic rings. The molecule has 1 aromatic rings. The first kappa shape index (κ1) is 29.5. The lowest BCUT2D eigenvalue weighted by Gasteiger charge is -2.29. The fraction of sp³-hybridized carbons (Fsp3) is 0.630. The Labute approximate surface area is 214 Å². The Kier molecular flexibility index (Phi) is 11.0. The third-order valence-corrected chi connectivity index (χ3v) is 6.18. The van der Waals surface area contributed by atoms with Gasteiger partial charge in [0.25, 0.3) is 0 Å². The molecule has 36 heavy (non-hydrogen) atoms. The zero-order chi connectivity index (χ0) is 26.9. The number of nitrogens with zero attached hydrogens (tertiary/aromatic N) is 1. The Bertz CT molecular complexity index is 885. The molecule has 1 unspecified atom stereocenters. The van der Waals surface area contributed by atoms with Crippen molar-refractivity contribution in [3.8, 4) is 0 Å². The summed E-state index contributed by atoms with van der Waals surface area (Å²) in [5, 5.41) is 12.5. The van der Waals surface area contributed by atoms with Crippen molar-refractivity contribution < 1.29 is 24.0 Å². The number of carbonyl (C=O) groups excluding carboxylic acids is 3. The van der Waals surface area contributed by atoms with Gasteiger partial charge in [0.2, 0.25) is 11.8 Å². The van der Waals surface area contributed by atoms with Gasteiger partial charge in [-0.2, -0.15) is 0 Å². The molecule has 0 saturated carbocycles. The number of rotatable bonds is 16. The normalized spacial score (nSPS) is 20.2. The Morgan fingerprint density at radius 2 is 1.67 bits per heavy atom. The standard InChI is InChI=1S/C27H42N4O5/c1-17(2)13-21(24(32)27(6)16-35-27)30-25(33)22(14-20-11-9-8-10-12-20)31-26(34)23(18(3)4)29-19(5)15-36-28-7/h8-12,17-19,21-23,29H,7,13-16H2,1-6H3,(H,30,33)(H,31,34)/t19?,21-,22-,23-,27+/m0/s1. The van der Waals surface area contributed by atoms with E-state index in [2.05, 4.69) is 27.8 Å². The molecule has 0 bridgehead atoms. The average molecular weight is 503 g/mol. The topological polar surface area (TPSA) is 121 Å². The first-order chi connectivity index (χ1) is 17.0. The zero-order valence-corrected chi connectivity index (χ0v) is 22.4. The van der Waals surface area contributed by atoms with Gasteiger partial charge in [0.15, 0.2) is 5.78 Å². The maximum Gasteiger partial charge on any atom is 0.243 e. The van der Waals surface area contributed by atoms with Crippen LogP contribution in [0.2, 0.25) is 0 Å². The lowest BCUT2D eigenvalue weighted by Crippen LogP contribution is -2.58. The summed E-state index contributed by atoms with van der Waals surface area (Å²) in [7, 11) is 0. The van der Waals surface area contributed by atoms with E-state index in [1.165, 1.54) is 0 Å². The van der Waals surface area contributed by atoms with Crippen molar-refractivity contribution >= 4 is 24.3 Å². The minimum Gasteiger partial charge on any atom is -0.395 e. The predicted octanol–water partition coefficient (Wildman–Crippen LogP) is 2.24. The molecule has 2 rings (SSSR count). The monoisotopic (exact) mass is 502 g/mol. The van der Waals surface area contributed by atoms with Gasteiger partial charge in [-0.3, -0.25) is 19.7 Å². The Morgan fingerprint density at radius 3 is 2.19 bits per heavy atom. The van der Waals surface area contributed by atoms with Gasteiger partial charge >= 0.3 is 0 Å². The summed E-state index contributed by atoms with van der Waals surface area (Å²) in [6.07, 6.45) is 0.777. The molecule has 1 fully saturated rings. The van der Waals surface area contributed by atoms with Crippen LogP contribution in [-0.2, 0) is 30.4 Å². The van der Waals surface area contributed by atoms with Crippen LogP contribution in [-0.4, -0.2) is 67.3 Å². The third kappa shape index (κ3) is 9.02. The summed E-state index contributed by atoms with van der Waals surface area (Å²) in [6.45, 7) is 15.4. The first-order valence-electron chi connectivity index (χ1n) is 12.6. The highest BCUT2D eigenvalue weighted by molar-refractivity contribution is 5.98. The van der Waals surface area contributed by atoms with Crippen LogP contribution < -0.4 is 16.0 Å². The second kappa shape index (κ2) is 13.5. The largest absolute Gasteiger partial charge is 0.395 e. The first-order valence-corrected chi connectivity index (χ1v) is 12.6. The summed E-state index contributed by atoms with van der Waals surface area (Å²) < 4.78 is 5.35. The second-order valence-corrected chi connectivity index (χ2v) is 10.5. The van der Waals surface area contributed by atoms with Crippen LogP contribution in [0.25, 0.3) is 0 Å². The van der Waals surface area contributed by atoms with E-state index in [0.717, 1.165) is 5.56 Å². The summed E-state index contributed by atoms with van der Waals surface area (Å²) in [5.74, 6) is -0.700. The molecular formula is C27H42N4O5. The second-order valence-electron chi connectivity index (χ2n) is 10.5. The van der Waals surface area contributed by atoms with E-state index in [1.807, 2.05) is 65.0 Å². The SMILES string of the molecule is C=NOCC(C)N[C@H](C(=O)N[C@@H](Cc1ccccc1)C(=O)N[C@@H](CC(C)C)C(=O)[C@@]1(C)CO1)C(C)C. The van der Waals surface area contributed by atoms with Crippen LogP contribution in [0.15, 0.2) is 35.5 Å². The van der Waals surface area contributed by atoms with Crippen molar-refractivity contribution in [3.63, 3.8) is 0 Å². The van der Waals surface area contributed by atoms with E-state index in [1.54, 1.807) is 6.92 Å². The van der Waals surface area contributed by atoms with Gasteiger partial charge < -0.3 is 20.2 Å². The highest BCUT2D eigenvalue weighted by atomic mass is 16.6. The van der Waals surface area contributed by atoms with Crippen LogP contribution in [0, 0.1) is 11.8 Å². The van der Waals surface area contributed by atoms with E-state index in [-0.39, 0.29) is 36.2 Å². The van der Waals surface area contributed by atoms with E-state index in [4.69, 9.17) is 9.57 Å². The predicted molar refractivity (Wildman–Crippen MR) is 140 cm³/mol. The van der Waals surface area contributed by atoms with Gasteiger partial charge in [-0.1, -0.05) is 58.0 Å². The molecular weight excluding hydrogens is 460 g/mol. The van der Waals surface area contributed by atoms with Gasteiger partial charge in [0, 0.05) is 19.2 Å². The van der Waals surface area contributed by atoms with E-state index in [0.29, 0.717) is 19.4 Å². The van der Waals surface area contributed by atoms with Gasteiger partial charge in [-0.15, -0.1) is 5.16 Å². The van der Waals surface area contributed by atoms with Gasteiger partial charge in [0.1, 0.15) is 18.2 Å². The maximum absolute atomic E-state index is 13.5. The number of nitrogens with one attached hydrogen (secondary N) is 3. The highest BCUT2D eigenvalue weighted by Gasteiger charge is 2.50. The third-order valence-electron chi connectivity index (χ3n) is 6.18. The number of epoxide rings is 1. The summed E-state index contributed by atoms with van der Waals surface area (Å²) in [6, 6.07) is 7.19. The van der Waals surface area contributed by atoms with Crippen molar-refractivity contribution in [2.75, 3.05) is 13.2 Å². The Balaban J connectivity index is 2.21. The molecule has 0 aromatic heterocycles. The van der Waals surface area contributed by atoms with Crippen molar-refractivity contribution in [1.82, 2.24) is 16.0 Å². The fourth-order valence-corrected chi connectivity index (χ4v) is 4.00. The molecule has 200 valence electrons. The van der Waals surface area contributed by atoms with Gasteiger partial charge in [-0.05, 0) is 37.7 Å². The summed E-state index contributed by atoms with van der Waals surface area (Å²) in [5.41, 5.74) is 0.0472. The lowest BCUT2D eigenvalue weighted by atomic mass is 9.93. The van der Waals surface area contributed by atoms with Gasteiger partial charge in [-0.25, -0.2) is 0 Å². The van der Waals surface area contributed by atoms with E-state index < -0.39 is 29.6 Å². The minimum absolute atomic E-state index is 0.0493. The fourth-order valence-electron chi connectivity index (χ4n) is 4.00. The Morgan fingerprint density at radius 1 is 1.06 bits per heavy atom. The quantitative estimate of drug-likeness (QED) is 0.181. The lowest BCUT2D eigenvalue weighted by molar-refractivity contribution is -0.134. The Hall–Kier alpha value is -2.78. The number of benzene rings is 1. The number of amides is 2. The molecule has 9 heteroatoms. The summed E-state index contributed by atoms with van der Waals surface area (Å²) >= 11 is 0. The number of ether oxygens (including phenoxy) is 1. The van der Waals surface area contributed by atoms with E-state index in [9.17, 15) is 14.4 Å². The maximum atomic E-state index is 13.5. The molecule has 1 heterocycles. The highest BCUT2D eigenvalue weighted by Crippen LogP contribution is 2.29. The molecule has 9 nitrogen and oxygen atoms in total. The van der Waals surface area contributed by atoms with Crippen LogP contribution >= 0.6 is 0 Å². The molecule has 5 atom stereocenters. The van der Waals surface area contributed by atoms with Crippen LogP contribution in [0.4, 0.5) is 0 Å². The van der Waals surface area contributed by atoms with Crippen LogP contribution in [0.3, 0.4) is 0 Å². The van der Waals surface area contributed by atoms with Crippen LogP contribution in [0.5, 0.6) is 0 Å². The molecule has 1 aromatic carbocycles. The number of oxime groups is 1.